The summed E-state index contributed by atoms with van der Waals surface area (Å²) in [4.78, 5) is 23.5. The largest absolute Gasteiger partial charge is 0.385 e. The van der Waals surface area contributed by atoms with E-state index in [9.17, 15) is 9.59 Å². The van der Waals surface area contributed by atoms with Crippen LogP contribution in [0.1, 0.15) is 35.2 Å². The van der Waals surface area contributed by atoms with Gasteiger partial charge in [0.25, 0.3) is 0 Å². The minimum absolute atomic E-state index is 0.0186. The van der Waals surface area contributed by atoms with Crippen molar-refractivity contribution < 1.29 is 14.3 Å². The summed E-state index contributed by atoms with van der Waals surface area (Å²) in [6, 6.07) is 7.44. The van der Waals surface area contributed by atoms with Crippen molar-refractivity contribution in [3.05, 3.63) is 35.4 Å². The van der Waals surface area contributed by atoms with E-state index in [0.29, 0.717) is 18.7 Å². The van der Waals surface area contributed by atoms with Gasteiger partial charge in [0.15, 0.2) is 5.78 Å². The molecule has 1 aromatic rings. The number of ether oxygens (including phenoxy) is 1. The van der Waals surface area contributed by atoms with E-state index in [2.05, 4.69) is 5.32 Å². The molecule has 0 saturated heterocycles. The molecule has 0 aliphatic rings. The standard InChI is InChI=1S/C15H21NO3/c1-12-6-3-4-7-13(12)14(17)8-9-15(18)16-10-5-11-19-2/h3-4,6-7H,5,8-11H2,1-2H3,(H,16,18). The molecule has 0 saturated carbocycles. The first kappa shape index (κ1) is 15.4. The van der Waals surface area contributed by atoms with E-state index >= 15 is 0 Å². The minimum Gasteiger partial charge on any atom is -0.385 e. The second-order valence-corrected chi connectivity index (χ2v) is 4.43. The minimum atomic E-state index is -0.0852. The zero-order valence-electron chi connectivity index (χ0n) is 11.6. The summed E-state index contributed by atoms with van der Waals surface area (Å²) in [6.45, 7) is 3.12. The molecule has 0 radical (unpaired) electrons. The van der Waals surface area contributed by atoms with E-state index in [1.165, 1.54) is 0 Å². The molecule has 0 atom stereocenters. The average molecular weight is 263 g/mol. The number of amides is 1. The first-order valence-electron chi connectivity index (χ1n) is 6.49. The zero-order chi connectivity index (χ0) is 14.1. The van der Waals surface area contributed by atoms with Gasteiger partial charge in [0.05, 0.1) is 0 Å². The van der Waals surface area contributed by atoms with Gasteiger partial charge in [-0.05, 0) is 18.9 Å². The molecular formula is C15H21NO3. The summed E-state index contributed by atoms with van der Waals surface area (Å²) in [5.41, 5.74) is 1.66. The van der Waals surface area contributed by atoms with Gasteiger partial charge in [-0.3, -0.25) is 9.59 Å². The van der Waals surface area contributed by atoms with Crippen LogP contribution in [-0.2, 0) is 9.53 Å². The number of rotatable bonds is 8. The third-order valence-electron chi connectivity index (χ3n) is 2.87. The Kier molecular flexibility index (Phi) is 6.82. The Morgan fingerprint density at radius 3 is 2.63 bits per heavy atom. The number of nitrogens with one attached hydrogen (secondary N) is 1. The van der Waals surface area contributed by atoms with Gasteiger partial charge >= 0.3 is 0 Å². The Balaban J connectivity index is 2.30. The van der Waals surface area contributed by atoms with Crippen LogP contribution in [0, 0.1) is 6.92 Å². The highest BCUT2D eigenvalue weighted by atomic mass is 16.5. The Labute approximate surface area is 114 Å². The molecule has 0 aliphatic carbocycles. The van der Waals surface area contributed by atoms with Gasteiger partial charge in [0, 0.05) is 38.7 Å². The number of carbonyl (C=O) groups excluding carboxylic acids is 2. The fourth-order valence-electron chi connectivity index (χ4n) is 1.78. The molecule has 1 amide bonds. The van der Waals surface area contributed by atoms with Crippen LogP contribution >= 0.6 is 0 Å². The maximum Gasteiger partial charge on any atom is 0.220 e. The van der Waals surface area contributed by atoms with Crippen molar-refractivity contribution >= 4 is 11.7 Å². The van der Waals surface area contributed by atoms with E-state index in [-0.39, 0.29) is 24.5 Å². The van der Waals surface area contributed by atoms with E-state index < -0.39 is 0 Å². The predicted octanol–water partition coefficient (Wildman–Crippen LogP) is 2.11. The average Bonchev–Trinajstić information content (AvgIpc) is 2.41. The highest BCUT2D eigenvalue weighted by Gasteiger charge is 2.10. The summed E-state index contributed by atoms with van der Waals surface area (Å²) in [5.74, 6) is -0.0665. The summed E-state index contributed by atoms with van der Waals surface area (Å²) in [6.07, 6.45) is 1.27. The van der Waals surface area contributed by atoms with Crippen LogP contribution in [0.5, 0.6) is 0 Å². The van der Waals surface area contributed by atoms with Crippen LogP contribution in [0.3, 0.4) is 0 Å². The number of aryl methyl sites for hydroxylation is 1. The van der Waals surface area contributed by atoms with Crippen LogP contribution in [0.4, 0.5) is 0 Å². The first-order chi connectivity index (χ1) is 9.15. The molecule has 104 valence electrons. The Bertz CT molecular complexity index is 429. The molecule has 0 heterocycles. The van der Waals surface area contributed by atoms with Crippen LogP contribution in [0.15, 0.2) is 24.3 Å². The third-order valence-corrected chi connectivity index (χ3v) is 2.87. The summed E-state index contributed by atoms with van der Waals surface area (Å²) >= 11 is 0. The lowest BCUT2D eigenvalue weighted by Gasteiger charge is -2.06. The number of hydrogen-bond donors (Lipinski definition) is 1. The SMILES string of the molecule is COCCCNC(=O)CCC(=O)c1ccccc1C. The van der Waals surface area contributed by atoms with Crippen LogP contribution in [0.25, 0.3) is 0 Å². The van der Waals surface area contributed by atoms with Gasteiger partial charge in [0.2, 0.25) is 5.91 Å². The first-order valence-corrected chi connectivity index (χ1v) is 6.49. The molecule has 1 N–H and O–H groups in total. The molecule has 0 bridgehead atoms. The molecule has 0 unspecified atom stereocenters. The predicted molar refractivity (Wildman–Crippen MR) is 74.2 cm³/mol. The van der Waals surface area contributed by atoms with Crippen LogP contribution < -0.4 is 5.32 Å². The van der Waals surface area contributed by atoms with E-state index in [1.807, 2.05) is 25.1 Å². The molecule has 0 aliphatic heterocycles. The maximum absolute atomic E-state index is 11.9. The number of Topliss-reactive ketones (excluding diaryl/α,β-unsaturated/α-hetero) is 1. The molecule has 1 aromatic carbocycles. The van der Waals surface area contributed by atoms with Crippen molar-refractivity contribution in [1.29, 1.82) is 0 Å². The molecule has 0 aromatic heterocycles. The van der Waals surface area contributed by atoms with Crippen LogP contribution in [0.2, 0.25) is 0 Å². The second-order valence-electron chi connectivity index (χ2n) is 4.43. The molecule has 0 fully saturated rings. The molecule has 1 rings (SSSR count). The Morgan fingerprint density at radius 2 is 1.95 bits per heavy atom. The smallest absolute Gasteiger partial charge is 0.220 e. The fraction of sp³-hybridized carbons (Fsp3) is 0.467. The molecule has 4 nitrogen and oxygen atoms in total. The quantitative estimate of drug-likeness (QED) is 0.577. The van der Waals surface area contributed by atoms with Crippen LogP contribution in [-0.4, -0.2) is 32.0 Å². The van der Waals surface area contributed by atoms with Gasteiger partial charge in [-0.15, -0.1) is 0 Å². The highest BCUT2D eigenvalue weighted by Crippen LogP contribution is 2.10. The van der Waals surface area contributed by atoms with E-state index in [0.717, 1.165) is 12.0 Å². The van der Waals surface area contributed by atoms with Gasteiger partial charge in [-0.1, -0.05) is 24.3 Å². The zero-order valence-corrected chi connectivity index (χ0v) is 11.6. The Morgan fingerprint density at radius 1 is 1.21 bits per heavy atom. The molecular weight excluding hydrogens is 242 g/mol. The van der Waals surface area contributed by atoms with E-state index in [1.54, 1.807) is 13.2 Å². The van der Waals surface area contributed by atoms with Gasteiger partial charge < -0.3 is 10.1 Å². The van der Waals surface area contributed by atoms with Gasteiger partial charge in [-0.2, -0.15) is 0 Å². The second kappa shape index (κ2) is 8.43. The summed E-state index contributed by atoms with van der Waals surface area (Å²) in [7, 11) is 1.63. The number of carbonyl (C=O) groups is 2. The van der Waals surface area contributed by atoms with Crippen molar-refractivity contribution in [3.8, 4) is 0 Å². The van der Waals surface area contributed by atoms with Crippen molar-refractivity contribution in [2.45, 2.75) is 26.2 Å². The number of benzene rings is 1. The summed E-state index contributed by atoms with van der Waals surface area (Å²) < 4.78 is 4.89. The van der Waals surface area contributed by atoms with Crippen molar-refractivity contribution in [2.75, 3.05) is 20.3 Å². The maximum atomic E-state index is 11.9. The number of ketones is 1. The van der Waals surface area contributed by atoms with Crippen molar-refractivity contribution in [2.24, 2.45) is 0 Å². The summed E-state index contributed by atoms with van der Waals surface area (Å²) in [5, 5.41) is 2.77. The number of hydrogen-bond acceptors (Lipinski definition) is 3. The lowest BCUT2D eigenvalue weighted by Crippen LogP contribution is -2.25. The molecule has 0 spiro atoms. The lowest BCUT2D eigenvalue weighted by molar-refractivity contribution is -0.121. The normalized spacial score (nSPS) is 10.2. The topological polar surface area (TPSA) is 55.4 Å². The Hall–Kier alpha value is -1.68. The highest BCUT2D eigenvalue weighted by molar-refractivity contribution is 5.99. The molecule has 4 heteroatoms. The van der Waals surface area contributed by atoms with E-state index in [4.69, 9.17) is 4.74 Å². The fourth-order valence-corrected chi connectivity index (χ4v) is 1.78. The van der Waals surface area contributed by atoms with Crippen molar-refractivity contribution in [1.82, 2.24) is 5.32 Å². The van der Waals surface area contributed by atoms with Gasteiger partial charge in [0.1, 0.15) is 0 Å². The lowest BCUT2D eigenvalue weighted by atomic mass is 10.0. The monoisotopic (exact) mass is 263 g/mol. The molecule has 19 heavy (non-hydrogen) atoms. The third kappa shape index (κ3) is 5.66. The van der Waals surface area contributed by atoms with Crippen molar-refractivity contribution in [3.63, 3.8) is 0 Å². The van der Waals surface area contributed by atoms with Gasteiger partial charge in [-0.25, -0.2) is 0 Å². The number of methoxy groups -OCH3 is 1.